The van der Waals surface area contributed by atoms with Crippen molar-refractivity contribution in [1.82, 2.24) is 4.98 Å². The van der Waals surface area contributed by atoms with Crippen molar-refractivity contribution in [2.75, 3.05) is 10.5 Å². The minimum absolute atomic E-state index is 0.0399. The van der Waals surface area contributed by atoms with Crippen molar-refractivity contribution >= 4 is 21.5 Å². The molecule has 0 atom stereocenters. The lowest BCUT2D eigenvalue weighted by atomic mass is 10.3. The van der Waals surface area contributed by atoms with Gasteiger partial charge in [0.1, 0.15) is 11.6 Å². The molecule has 0 spiro atoms. The van der Waals surface area contributed by atoms with Crippen LogP contribution in [0.25, 0.3) is 0 Å². The molecule has 2 aromatic rings. The molecular weight excluding hydrogens is 269 g/mol. The second-order valence-corrected chi connectivity index (χ2v) is 5.68. The predicted molar refractivity (Wildman–Crippen MR) is 70.6 cm³/mol. The Kier molecular flexibility index (Phi) is 3.39. The molecule has 0 aliphatic rings. The van der Waals surface area contributed by atoms with Gasteiger partial charge >= 0.3 is 0 Å². The maximum Gasteiger partial charge on any atom is 0.263 e. The Morgan fingerprint density at radius 3 is 2.68 bits per heavy atom. The second-order valence-electron chi connectivity index (χ2n) is 3.99. The molecule has 19 heavy (non-hydrogen) atoms. The summed E-state index contributed by atoms with van der Waals surface area (Å²) < 4.78 is 39.7. The molecule has 0 saturated carbocycles. The van der Waals surface area contributed by atoms with Crippen molar-refractivity contribution in [2.45, 2.75) is 11.8 Å². The third kappa shape index (κ3) is 3.00. The number of sulfonamides is 1. The van der Waals surface area contributed by atoms with Gasteiger partial charge in [0, 0.05) is 11.9 Å². The van der Waals surface area contributed by atoms with Gasteiger partial charge in [-0.2, -0.15) is 0 Å². The number of hydrogen-bond donors (Lipinski definition) is 2. The summed E-state index contributed by atoms with van der Waals surface area (Å²) in [6, 6.07) is 6.53. The molecule has 0 bridgehead atoms. The molecule has 100 valence electrons. The number of hydrogen-bond acceptors (Lipinski definition) is 4. The molecule has 0 fully saturated rings. The van der Waals surface area contributed by atoms with Gasteiger partial charge in [-0.15, -0.1) is 0 Å². The summed E-state index contributed by atoms with van der Waals surface area (Å²) in [5.41, 5.74) is 6.13. The summed E-state index contributed by atoms with van der Waals surface area (Å²) in [6.07, 6.45) is 1.46. The van der Waals surface area contributed by atoms with Crippen LogP contribution in [0.5, 0.6) is 0 Å². The molecule has 2 rings (SSSR count). The Bertz CT molecular complexity index is 696. The van der Waals surface area contributed by atoms with Gasteiger partial charge in [-0.1, -0.05) is 6.07 Å². The van der Waals surface area contributed by atoms with Gasteiger partial charge in [0.2, 0.25) is 0 Å². The quantitative estimate of drug-likeness (QED) is 0.842. The SMILES string of the molecule is Cc1cccnc1NS(=O)(=O)c1cc(N)cc(F)c1. The lowest BCUT2D eigenvalue weighted by Crippen LogP contribution is -2.15. The van der Waals surface area contributed by atoms with Crippen LogP contribution in [0, 0.1) is 12.7 Å². The maximum absolute atomic E-state index is 13.2. The van der Waals surface area contributed by atoms with E-state index < -0.39 is 15.8 Å². The first-order valence-corrected chi connectivity index (χ1v) is 6.87. The number of rotatable bonds is 3. The normalized spacial score (nSPS) is 11.3. The molecule has 1 heterocycles. The van der Waals surface area contributed by atoms with Crippen LogP contribution in [0.15, 0.2) is 41.4 Å². The van der Waals surface area contributed by atoms with Crippen molar-refractivity contribution in [1.29, 1.82) is 0 Å². The highest BCUT2D eigenvalue weighted by Gasteiger charge is 2.17. The van der Waals surface area contributed by atoms with Gasteiger partial charge in [0.25, 0.3) is 10.0 Å². The highest BCUT2D eigenvalue weighted by molar-refractivity contribution is 7.92. The van der Waals surface area contributed by atoms with Crippen molar-refractivity contribution in [3.63, 3.8) is 0 Å². The maximum atomic E-state index is 13.2. The smallest absolute Gasteiger partial charge is 0.263 e. The Balaban J connectivity index is 2.41. The van der Waals surface area contributed by atoms with Crippen LogP contribution in [0.4, 0.5) is 15.9 Å². The first-order chi connectivity index (χ1) is 8.88. The number of nitrogens with two attached hydrogens (primary N) is 1. The van der Waals surface area contributed by atoms with E-state index in [0.717, 1.165) is 12.1 Å². The third-order valence-corrected chi connectivity index (χ3v) is 3.76. The zero-order valence-electron chi connectivity index (χ0n) is 10.1. The Morgan fingerprint density at radius 2 is 2.05 bits per heavy atom. The molecule has 0 unspecified atom stereocenters. The number of halogens is 1. The predicted octanol–water partition coefficient (Wildman–Crippen LogP) is 1.91. The molecule has 0 aliphatic carbocycles. The van der Waals surface area contributed by atoms with E-state index in [1.165, 1.54) is 12.3 Å². The Labute approximate surface area is 110 Å². The number of benzene rings is 1. The standard InChI is InChI=1S/C12H12FN3O2S/c1-8-3-2-4-15-12(8)16-19(17,18)11-6-9(13)5-10(14)7-11/h2-7H,14H2,1H3,(H,15,16). The Hall–Kier alpha value is -2.15. The van der Waals surface area contributed by atoms with E-state index in [-0.39, 0.29) is 16.4 Å². The van der Waals surface area contributed by atoms with Gasteiger partial charge in [-0.3, -0.25) is 4.72 Å². The molecule has 0 saturated heterocycles. The van der Waals surface area contributed by atoms with E-state index in [1.807, 2.05) is 0 Å². The summed E-state index contributed by atoms with van der Waals surface area (Å²) in [4.78, 5) is 3.68. The lowest BCUT2D eigenvalue weighted by molar-refractivity contribution is 0.595. The van der Waals surface area contributed by atoms with E-state index in [4.69, 9.17) is 5.73 Å². The topological polar surface area (TPSA) is 85.1 Å². The van der Waals surface area contributed by atoms with Crippen molar-refractivity contribution in [3.8, 4) is 0 Å². The summed E-state index contributed by atoms with van der Waals surface area (Å²) in [5, 5.41) is 0. The molecule has 5 nitrogen and oxygen atoms in total. The summed E-state index contributed by atoms with van der Waals surface area (Å²) in [5.74, 6) is -0.511. The first-order valence-electron chi connectivity index (χ1n) is 5.39. The molecule has 0 amide bonds. The molecule has 1 aromatic carbocycles. The number of pyridine rings is 1. The van der Waals surface area contributed by atoms with E-state index >= 15 is 0 Å². The van der Waals surface area contributed by atoms with Crippen LogP contribution >= 0.6 is 0 Å². The number of nitrogen functional groups attached to an aromatic ring is 1. The minimum Gasteiger partial charge on any atom is -0.399 e. The summed E-state index contributed by atoms with van der Waals surface area (Å²) >= 11 is 0. The minimum atomic E-state index is -3.91. The summed E-state index contributed by atoms with van der Waals surface area (Å²) in [6.45, 7) is 1.71. The zero-order valence-corrected chi connectivity index (χ0v) is 10.9. The van der Waals surface area contributed by atoms with Crippen LogP contribution in [0.2, 0.25) is 0 Å². The van der Waals surface area contributed by atoms with Crippen LogP contribution in [0.1, 0.15) is 5.56 Å². The fraction of sp³-hybridized carbons (Fsp3) is 0.0833. The van der Waals surface area contributed by atoms with Crippen molar-refractivity contribution in [2.24, 2.45) is 0 Å². The lowest BCUT2D eigenvalue weighted by Gasteiger charge is -2.09. The first kappa shape index (κ1) is 13.3. The van der Waals surface area contributed by atoms with E-state index in [9.17, 15) is 12.8 Å². The molecule has 1 aromatic heterocycles. The highest BCUT2D eigenvalue weighted by atomic mass is 32.2. The largest absolute Gasteiger partial charge is 0.399 e. The molecular formula is C12H12FN3O2S. The number of aromatic nitrogens is 1. The van der Waals surface area contributed by atoms with Gasteiger partial charge in [0.15, 0.2) is 0 Å². The van der Waals surface area contributed by atoms with Crippen LogP contribution < -0.4 is 10.5 Å². The van der Waals surface area contributed by atoms with E-state index in [1.54, 1.807) is 19.1 Å². The van der Waals surface area contributed by atoms with E-state index in [2.05, 4.69) is 9.71 Å². The number of nitrogens with one attached hydrogen (secondary N) is 1. The van der Waals surface area contributed by atoms with Gasteiger partial charge in [-0.25, -0.2) is 17.8 Å². The fourth-order valence-electron chi connectivity index (χ4n) is 1.52. The highest BCUT2D eigenvalue weighted by Crippen LogP contribution is 2.20. The Morgan fingerprint density at radius 1 is 1.32 bits per heavy atom. The molecule has 7 heteroatoms. The second kappa shape index (κ2) is 4.85. The fourth-order valence-corrected chi connectivity index (χ4v) is 2.66. The van der Waals surface area contributed by atoms with Crippen molar-refractivity contribution in [3.05, 3.63) is 47.9 Å². The zero-order chi connectivity index (χ0) is 14.0. The van der Waals surface area contributed by atoms with Crippen LogP contribution in [-0.4, -0.2) is 13.4 Å². The van der Waals surface area contributed by atoms with Gasteiger partial charge in [0.05, 0.1) is 4.90 Å². The van der Waals surface area contributed by atoms with Gasteiger partial charge in [-0.05, 0) is 36.8 Å². The van der Waals surface area contributed by atoms with Gasteiger partial charge < -0.3 is 5.73 Å². The van der Waals surface area contributed by atoms with Crippen LogP contribution in [0.3, 0.4) is 0 Å². The number of anilines is 2. The average Bonchev–Trinajstić information content (AvgIpc) is 2.31. The summed E-state index contributed by atoms with van der Waals surface area (Å²) in [7, 11) is -3.91. The third-order valence-electron chi connectivity index (χ3n) is 2.44. The number of aryl methyl sites for hydroxylation is 1. The molecule has 0 radical (unpaired) electrons. The monoisotopic (exact) mass is 281 g/mol. The van der Waals surface area contributed by atoms with E-state index in [0.29, 0.717) is 5.56 Å². The van der Waals surface area contributed by atoms with Crippen molar-refractivity contribution < 1.29 is 12.8 Å². The van der Waals surface area contributed by atoms with Crippen LogP contribution in [-0.2, 0) is 10.0 Å². The molecule has 0 aliphatic heterocycles. The number of nitrogens with zero attached hydrogens (tertiary/aromatic N) is 1. The average molecular weight is 281 g/mol. The molecule has 3 N–H and O–H groups in total.